The van der Waals surface area contributed by atoms with Gasteiger partial charge in [-0.2, -0.15) is 0 Å². The lowest BCUT2D eigenvalue weighted by atomic mass is 10.2. The van der Waals surface area contributed by atoms with Crippen LogP contribution in [-0.4, -0.2) is 41.4 Å². The van der Waals surface area contributed by atoms with Gasteiger partial charge in [0.2, 0.25) is 0 Å². The van der Waals surface area contributed by atoms with Crippen molar-refractivity contribution in [3.63, 3.8) is 0 Å². The zero-order valence-corrected chi connectivity index (χ0v) is 14.5. The Morgan fingerprint density at radius 1 is 0.852 bits per heavy atom. The summed E-state index contributed by atoms with van der Waals surface area (Å²) < 4.78 is 10.1. The number of ether oxygens (including phenoxy) is 2. The number of hydrogen-bond donors (Lipinski definition) is 2. The van der Waals surface area contributed by atoms with E-state index >= 15 is 0 Å². The number of carboxylic acid groups (broad SMARTS) is 1. The molecule has 2 aromatic rings. The second-order valence-electron chi connectivity index (χ2n) is 5.53. The van der Waals surface area contributed by atoms with E-state index in [-0.39, 0.29) is 19.9 Å². The lowest BCUT2D eigenvalue weighted by Crippen LogP contribution is -2.44. The summed E-state index contributed by atoms with van der Waals surface area (Å²) in [5.74, 6) is -1.23. The van der Waals surface area contributed by atoms with Gasteiger partial charge >= 0.3 is 18.2 Å². The highest BCUT2D eigenvalue weighted by Gasteiger charge is 2.19. The van der Waals surface area contributed by atoms with E-state index < -0.39 is 24.7 Å². The first-order chi connectivity index (χ1) is 13.0. The van der Waals surface area contributed by atoms with Gasteiger partial charge in [0.15, 0.2) is 0 Å². The minimum Gasteiger partial charge on any atom is -0.480 e. The molecule has 0 aliphatic carbocycles. The van der Waals surface area contributed by atoms with Crippen LogP contribution >= 0.6 is 0 Å². The molecule has 2 N–H and O–H groups in total. The van der Waals surface area contributed by atoms with Crippen molar-refractivity contribution in [2.75, 3.05) is 13.2 Å². The Hall–Kier alpha value is -3.55. The zero-order valence-electron chi connectivity index (χ0n) is 14.5. The Morgan fingerprint density at radius 2 is 1.37 bits per heavy atom. The Morgan fingerprint density at radius 3 is 1.89 bits per heavy atom. The summed E-state index contributed by atoms with van der Waals surface area (Å²) >= 11 is 0. The molecule has 0 spiro atoms. The summed E-state index contributed by atoms with van der Waals surface area (Å²) in [6.45, 7) is -0.918. The number of nitrogens with one attached hydrogen (secondary N) is 1. The van der Waals surface area contributed by atoms with Crippen LogP contribution in [0.3, 0.4) is 0 Å². The quantitative estimate of drug-likeness (QED) is 0.690. The van der Waals surface area contributed by atoms with Crippen molar-refractivity contribution in [1.82, 2.24) is 10.2 Å². The fraction of sp³-hybridized carbons (Fsp3) is 0.211. The highest BCUT2D eigenvalue weighted by Crippen LogP contribution is 2.04. The number of alkyl carbamates (subject to hydrolysis) is 1. The van der Waals surface area contributed by atoms with Gasteiger partial charge in [-0.1, -0.05) is 60.7 Å². The van der Waals surface area contributed by atoms with Crippen LogP contribution in [0, 0.1) is 0 Å². The van der Waals surface area contributed by atoms with Crippen molar-refractivity contribution < 1.29 is 29.0 Å². The number of rotatable bonds is 8. The fourth-order valence-corrected chi connectivity index (χ4v) is 2.09. The number of hydrogen-bond acceptors (Lipinski definition) is 5. The topological polar surface area (TPSA) is 105 Å². The van der Waals surface area contributed by atoms with Gasteiger partial charge in [0.05, 0.1) is 0 Å². The molecule has 142 valence electrons. The Kier molecular flexibility index (Phi) is 7.65. The number of carboxylic acids is 1. The van der Waals surface area contributed by atoms with Crippen molar-refractivity contribution in [3.8, 4) is 0 Å². The molecule has 0 bridgehead atoms. The number of carbonyl (C=O) groups excluding carboxylic acids is 2. The van der Waals surface area contributed by atoms with E-state index in [1.54, 1.807) is 36.4 Å². The summed E-state index contributed by atoms with van der Waals surface area (Å²) in [4.78, 5) is 35.6. The second-order valence-corrected chi connectivity index (χ2v) is 5.53. The van der Waals surface area contributed by atoms with E-state index in [2.05, 4.69) is 5.32 Å². The molecule has 0 aromatic heterocycles. The molecule has 2 rings (SSSR count). The predicted molar refractivity (Wildman–Crippen MR) is 95.6 cm³/mol. The largest absolute Gasteiger partial charge is 0.480 e. The molecule has 2 aromatic carbocycles. The van der Waals surface area contributed by atoms with Crippen molar-refractivity contribution in [2.45, 2.75) is 13.2 Å². The molecule has 0 fully saturated rings. The molecule has 0 saturated carbocycles. The average molecular weight is 372 g/mol. The summed E-state index contributed by atoms with van der Waals surface area (Å²) in [6.07, 6.45) is -1.63. The third-order valence-electron chi connectivity index (χ3n) is 3.42. The standard InChI is InChI=1S/C19H20N2O6/c22-17(23)11-21(19(25)27-13-16-9-5-2-6-10-16)14-20-18(24)26-12-15-7-3-1-4-8-15/h1-10H,11-14H2,(H,20,24)(H,22,23). The fourth-order valence-electron chi connectivity index (χ4n) is 2.09. The SMILES string of the molecule is O=C(O)CN(CNC(=O)OCc1ccccc1)C(=O)OCc1ccccc1. The summed E-state index contributed by atoms with van der Waals surface area (Å²) in [5.41, 5.74) is 1.56. The van der Waals surface area contributed by atoms with Gasteiger partial charge in [0.25, 0.3) is 0 Å². The molecule has 0 aliphatic heterocycles. The highest BCUT2D eigenvalue weighted by atomic mass is 16.6. The lowest BCUT2D eigenvalue weighted by Gasteiger charge is -2.20. The molecule has 0 saturated heterocycles. The minimum absolute atomic E-state index is 0.00571. The average Bonchev–Trinajstić information content (AvgIpc) is 2.69. The van der Waals surface area contributed by atoms with E-state index in [4.69, 9.17) is 14.6 Å². The Bertz CT molecular complexity index is 751. The normalized spacial score (nSPS) is 9.93. The molecule has 8 heteroatoms. The van der Waals surface area contributed by atoms with Gasteiger partial charge in [-0.15, -0.1) is 0 Å². The first-order valence-electron chi connectivity index (χ1n) is 8.16. The van der Waals surface area contributed by atoms with Crippen molar-refractivity contribution in [1.29, 1.82) is 0 Å². The first kappa shape index (κ1) is 19.8. The van der Waals surface area contributed by atoms with Gasteiger partial charge in [0.1, 0.15) is 26.4 Å². The molecule has 8 nitrogen and oxygen atoms in total. The second kappa shape index (κ2) is 10.4. The van der Waals surface area contributed by atoms with Crippen LogP contribution in [0.5, 0.6) is 0 Å². The molecular weight excluding hydrogens is 352 g/mol. The van der Waals surface area contributed by atoms with Crippen LogP contribution < -0.4 is 5.32 Å². The van der Waals surface area contributed by atoms with Crippen molar-refractivity contribution in [2.24, 2.45) is 0 Å². The smallest absolute Gasteiger partial charge is 0.412 e. The van der Waals surface area contributed by atoms with Crippen molar-refractivity contribution >= 4 is 18.2 Å². The van der Waals surface area contributed by atoms with Gasteiger partial charge in [-0.05, 0) is 11.1 Å². The van der Waals surface area contributed by atoms with Crippen LogP contribution in [0.15, 0.2) is 60.7 Å². The number of aliphatic carboxylic acids is 1. The van der Waals surface area contributed by atoms with E-state index in [9.17, 15) is 14.4 Å². The molecule has 0 radical (unpaired) electrons. The van der Waals surface area contributed by atoms with E-state index in [0.29, 0.717) is 0 Å². The molecular formula is C19H20N2O6. The Balaban J connectivity index is 1.81. The van der Waals surface area contributed by atoms with Crippen LogP contribution in [-0.2, 0) is 27.5 Å². The third-order valence-corrected chi connectivity index (χ3v) is 3.42. The summed E-state index contributed by atoms with van der Waals surface area (Å²) in [6, 6.07) is 18.0. The predicted octanol–water partition coefficient (Wildman–Crippen LogP) is 2.59. The maximum absolute atomic E-state index is 12.1. The number of amides is 2. The van der Waals surface area contributed by atoms with Gasteiger partial charge in [-0.3, -0.25) is 9.69 Å². The van der Waals surface area contributed by atoms with Crippen LogP contribution in [0.1, 0.15) is 11.1 Å². The molecule has 2 amide bonds. The molecule has 27 heavy (non-hydrogen) atoms. The van der Waals surface area contributed by atoms with Gasteiger partial charge in [0, 0.05) is 0 Å². The maximum Gasteiger partial charge on any atom is 0.412 e. The first-order valence-corrected chi connectivity index (χ1v) is 8.16. The lowest BCUT2D eigenvalue weighted by molar-refractivity contribution is -0.138. The van der Waals surface area contributed by atoms with E-state index in [0.717, 1.165) is 16.0 Å². The number of nitrogens with zero attached hydrogens (tertiary/aromatic N) is 1. The zero-order chi connectivity index (χ0) is 19.5. The molecule has 0 aliphatic rings. The maximum atomic E-state index is 12.1. The van der Waals surface area contributed by atoms with Crippen LogP contribution in [0.4, 0.5) is 9.59 Å². The van der Waals surface area contributed by atoms with Crippen LogP contribution in [0.25, 0.3) is 0 Å². The highest BCUT2D eigenvalue weighted by molar-refractivity contribution is 5.77. The van der Waals surface area contributed by atoms with E-state index in [1.165, 1.54) is 0 Å². The number of benzene rings is 2. The van der Waals surface area contributed by atoms with Crippen LogP contribution in [0.2, 0.25) is 0 Å². The molecule has 0 unspecified atom stereocenters. The summed E-state index contributed by atoms with van der Waals surface area (Å²) in [7, 11) is 0. The van der Waals surface area contributed by atoms with E-state index in [1.807, 2.05) is 24.3 Å². The van der Waals surface area contributed by atoms with Gasteiger partial charge in [-0.25, -0.2) is 9.59 Å². The molecule has 0 atom stereocenters. The molecule has 0 heterocycles. The number of carbonyl (C=O) groups is 3. The third kappa shape index (κ3) is 7.47. The Labute approximate surface area is 156 Å². The minimum atomic E-state index is -1.23. The van der Waals surface area contributed by atoms with Crippen molar-refractivity contribution in [3.05, 3.63) is 71.8 Å². The monoisotopic (exact) mass is 372 g/mol. The van der Waals surface area contributed by atoms with Gasteiger partial charge < -0.3 is 19.9 Å². The summed E-state index contributed by atoms with van der Waals surface area (Å²) in [5, 5.41) is 11.3.